The lowest BCUT2D eigenvalue weighted by atomic mass is 10.1. The van der Waals surface area contributed by atoms with E-state index in [4.69, 9.17) is 0 Å². The predicted octanol–water partition coefficient (Wildman–Crippen LogP) is 1.79. The van der Waals surface area contributed by atoms with E-state index in [0.29, 0.717) is 0 Å². The fraction of sp³-hybridized carbons (Fsp3) is 0.727. The summed E-state index contributed by atoms with van der Waals surface area (Å²) in [6, 6.07) is -0.0299. The van der Waals surface area contributed by atoms with Crippen molar-refractivity contribution in [2.45, 2.75) is 47.9 Å². The molecule has 2 atom stereocenters. The third-order valence-corrected chi connectivity index (χ3v) is 5.77. The summed E-state index contributed by atoms with van der Waals surface area (Å²) in [6.07, 6.45) is 8.19. The van der Waals surface area contributed by atoms with Crippen LogP contribution in [-0.4, -0.2) is 29.1 Å². The zero-order chi connectivity index (χ0) is 13.2. The highest BCUT2D eigenvalue weighted by Gasteiger charge is 2.27. The van der Waals surface area contributed by atoms with Gasteiger partial charge in [0.1, 0.15) is 4.90 Å². The Morgan fingerprint density at radius 1 is 1.39 bits per heavy atom. The van der Waals surface area contributed by atoms with Gasteiger partial charge in [-0.2, -0.15) is 5.10 Å². The molecule has 0 spiro atoms. The van der Waals surface area contributed by atoms with Crippen molar-refractivity contribution in [3.05, 3.63) is 12.4 Å². The molecule has 1 aromatic rings. The first kappa shape index (κ1) is 14.0. The molecule has 1 N–H and O–H groups in total. The van der Waals surface area contributed by atoms with Crippen molar-refractivity contribution >= 4 is 26.0 Å². The van der Waals surface area contributed by atoms with Gasteiger partial charge in [-0.25, -0.2) is 13.1 Å². The highest BCUT2D eigenvalue weighted by atomic mass is 79.9. The molecule has 102 valence electrons. The first-order valence-corrected chi connectivity index (χ1v) is 8.54. The van der Waals surface area contributed by atoms with Gasteiger partial charge in [0.05, 0.1) is 6.20 Å². The molecule has 1 fully saturated rings. The molecule has 1 heterocycles. The Bertz CT molecular complexity index is 500. The third-order valence-electron chi connectivity index (χ3n) is 3.23. The number of alkyl halides is 1. The maximum Gasteiger partial charge on any atom is 0.243 e. The number of hydrogen-bond acceptors (Lipinski definition) is 3. The second-order valence-electron chi connectivity index (χ2n) is 4.73. The topological polar surface area (TPSA) is 64.0 Å². The lowest BCUT2D eigenvalue weighted by Gasteiger charge is -2.20. The van der Waals surface area contributed by atoms with E-state index >= 15 is 0 Å². The van der Waals surface area contributed by atoms with Crippen LogP contribution >= 0.6 is 15.9 Å². The predicted molar refractivity (Wildman–Crippen MR) is 73.1 cm³/mol. The maximum absolute atomic E-state index is 12.2. The molecule has 2 unspecified atom stereocenters. The molecular weight excluding hydrogens is 318 g/mol. The lowest BCUT2D eigenvalue weighted by molar-refractivity contribution is 0.520. The summed E-state index contributed by atoms with van der Waals surface area (Å²) in [6.45, 7) is 0. The molecular formula is C11H18BrN3O2S. The SMILES string of the molecule is Cn1cc(S(=O)(=O)NC2CCCCCC2Br)cn1. The molecule has 0 radical (unpaired) electrons. The molecule has 18 heavy (non-hydrogen) atoms. The molecule has 0 amide bonds. The third kappa shape index (κ3) is 3.33. The minimum absolute atomic E-state index is 0.0299. The van der Waals surface area contributed by atoms with Gasteiger partial charge in [0, 0.05) is 24.1 Å². The smallest absolute Gasteiger partial charge is 0.243 e. The van der Waals surface area contributed by atoms with Crippen LogP contribution in [0.3, 0.4) is 0 Å². The standard InChI is InChI=1S/C11H18BrN3O2S/c1-15-8-9(7-13-15)18(16,17)14-11-6-4-2-3-5-10(11)12/h7-8,10-11,14H,2-6H2,1H3. The number of sulfonamides is 1. The Morgan fingerprint density at radius 3 is 2.78 bits per heavy atom. The lowest BCUT2D eigenvalue weighted by Crippen LogP contribution is -2.40. The summed E-state index contributed by atoms with van der Waals surface area (Å²) in [7, 11) is -1.75. The Balaban J connectivity index is 2.11. The van der Waals surface area contributed by atoms with Crippen LogP contribution in [0.25, 0.3) is 0 Å². The van der Waals surface area contributed by atoms with E-state index in [1.54, 1.807) is 7.05 Å². The monoisotopic (exact) mass is 335 g/mol. The van der Waals surface area contributed by atoms with E-state index in [1.807, 2.05) is 0 Å². The zero-order valence-electron chi connectivity index (χ0n) is 10.3. The number of aromatic nitrogens is 2. The molecule has 2 rings (SSSR count). The van der Waals surface area contributed by atoms with E-state index in [9.17, 15) is 8.42 Å². The number of nitrogens with zero attached hydrogens (tertiary/aromatic N) is 2. The number of halogens is 1. The van der Waals surface area contributed by atoms with Crippen LogP contribution in [0, 0.1) is 0 Å². The van der Waals surface area contributed by atoms with Crippen LogP contribution in [0.1, 0.15) is 32.1 Å². The van der Waals surface area contributed by atoms with Crippen molar-refractivity contribution < 1.29 is 8.42 Å². The first-order valence-electron chi connectivity index (χ1n) is 6.14. The average molecular weight is 336 g/mol. The highest BCUT2D eigenvalue weighted by Crippen LogP contribution is 2.25. The molecule has 5 nitrogen and oxygen atoms in total. The molecule has 7 heteroatoms. The summed E-state index contributed by atoms with van der Waals surface area (Å²) in [4.78, 5) is 0.445. The molecule has 0 bridgehead atoms. The highest BCUT2D eigenvalue weighted by molar-refractivity contribution is 9.09. The minimum atomic E-state index is -3.45. The van der Waals surface area contributed by atoms with Gasteiger partial charge in [0.15, 0.2) is 0 Å². The van der Waals surface area contributed by atoms with Gasteiger partial charge in [-0.15, -0.1) is 0 Å². The number of aryl methyl sites for hydroxylation is 1. The minimum Gasteiger partial charge on any atom is -0.274 e. The summed E-state index contributed by atoms with van der Waals surface area (Å²) in [5.41, 5.74) is 0. The van der Waals surface area contributed by atoms with Gasteiger partial charge in [-0.05, 0) is 12.8 Å². The van der Waals surface area contributed by atoms with E-state index in [-0.39, 0.29) is 15.8 Å². The molecule has 1 aromatic heterocycles. The molecule has 1 aliphatic rings. The normalized spacial score (nSPS) is 25.9. The van der Waals surface area contributed by atoms with Gasteiger partial charge in [-0.3, -0.25) is 4.68 Å². The maximum atomic E-state index is 12.2. The summed E-state index contributed by atoms with van der Waals surface area (Å²) >= 11 is 3.59. The fourth-order valence-electron chi connectivity index (χ4n) is 2.20. The van der Waals surface area contributed by atoms with Crippen LogP contribution in [-0.2, 0) is 17.1 Å². The van der Waals surface area contributed by atoms with Crippen LogP contribution in [0.15, 0.2) is 17.3 Å². The van der Waals surface area contributed by atoms with E-state index in [0.717, 1.165) is 25.7 Å². The van der Waals surface area contributed by atoms with Crippen molar-refractivity contribution in [2.24, 2.45) is 7.05 Å². The Kier molecular flexibility index (Phi) is 4.45. The Hall–Kier alpha value is -0.400. The first-order chi connectivity index (χ1) is 8.49. The van der Waals surface area contributed by atoms with E-state index < -0.39 is 10.0 Å². The average Bonchev–Trinajstić information content (AvgIpc) is 2.65. The number of rotatable bonds is 3. The second kappa shape index (κ2) is 5.71. The van der Waals surface area contributed by atoms with E-state index in [2.05, 4.69) is 25.8 Å². The Labute approximate surface area is 116 Å². The van der Waals surface area contributed by atoms with Crippen molar-refractivity contribution in [2.75, 3.05) is 0 Å². The van der Waals surface area contributed by atoms with E-state index in [1.165, 1.54) is 23.5 Å². The van der Waals surface area contributed by atoms with Gasteiger partial charge in [0.25, 0.3) is 0 Å². The summed E-state index contributed by atoms with van der Waals surface area (Å²) in [5, 5.41) is 3.90. The van der Waals surface area contributed by atoms with Crippen molar-refractivity contribution in [3.8, 4) is 0 Å². The van der Waals surface area contributed by atoms with Gasteiger partial charge in [-0.1, -0.05) is 35.2 Å². The van der Waals surface area contributed by atoms with Crippen molar-refractivity contribution in [1.82, 2.24) is 14.5 Å². The van der Waals surface area contributed by atoms with Gasteiger partial charge >= 0.3 is 0 Å². The summed E-state index contributed by atoms with van der Waals surface area (Å²) in [5.74, 6) is 0. The zero-order valence-corrected chi connectivity index (χ0v) is 12.7. The van der Waals surface area contributed by atoms with Crippen LogP contribution in [0.2, 0.25) is 0 Å². The van der Waals surface area contributed by atoms with Crippen molar-refractivity contribution in [1.29, 1.82) is 0 Å². The van der Waals surface area contributed by atoms with Crippen LogP contribution in [0.5, 0.6) is 0 Å². The van der Waals surface area contributed by atoms with Crippen LogP contribution < -0.4 is 4.72 Å². The second-order valence-corrected chi connectivity index (χ2v) is 7.62. The number of nitrogens with one attached hydrogen (secondary N) is 1. The molecule has 1 saturated carbocycles. The largest absolute Gasteiger partial charge is 0.274 e. The van der Waals surface area contributed by atoms with Crippen LogP contribution in [0.4, 0.5) is 0 Å². The molecule has 0 saturated heterocycles. The molecule has 0 aliphatic heterocycles. The summed E-state index contributed by atoms with van der Waals surface area (Å²) < 4.78 is 28.7. The Morgan fingerprint density at radius 2 is 2.11 bits per heavy atom. The number of hydrogen-bond donors (Lipinski definition) is 1. The molecule has 1 aliphatic carbocycles. The van der Waals surface area contributed by atoms with Gasteiger partial charge in [0.2, 0.25) is 10.0 Å². The van der Waals surface area contributed by atoms with Gasteiger partial charge < -0.3 is 0 Å². The molecule has 0 aromatic carbocycles. The quantitative estimate of drug-likeness (QED) is 0.676. The van der Waals surface area contributed by atoms with Crippen molar-refractivity contribution in [3.63, 3.8) is 0 Å². The fourth-order valence-corrected chi connectivity index (χ4v) is 4.39.